The molecule has 0 unspecified atom stereocenters. The van der Waals surface area contributed by atoms with E-state index in [1.54, 1.807) is 11.1 Å². The molecule has 1 aliphatic rings. The molecule has 0 saturated heterocycles. The van der Waals surface area contributed by atoms with Crippen LogP contribution in [0.3, 0.4) is 0 Å². The average Bonchev–Trinajstić information content (AvgIpc) is 3.44. The molecule has 6 aromatic carbocycles. The van der Waals surface area contributed by atoms with E-state index in [-0.39, 0.29) is 5.41 Å². The van der Waals surface area contributed by atoms with Crippen molar-refractivity contribution in [2.45, 2.75) is 83.5 Å². The zero-order chi connectivity index (χ0) is 33.5. The summed E-state index contributed by atoms with van der Waals surface area (Å²) in [6, 6.07) is 54.6. The zero-order valence-electron chi connectivity index (χ0n) is 29.4. The van der Waals surface area contributed by atoms with E-state index >= 15 is 0 Å². The number of unbranched alkanes of at least 4 members (excludes halogenated alkanes) is 6. The summed E-state index contributed by atoms with van der Waals surface area (Å²) in [7, 11) is 0. The molecule has 0 N–H and O–H groups in total. The number of fused-ring (bicyclic) bond motifs is 3. The van der Waals surface area contributed by atoms with Crippen molar-refractivity contribution < 1.29 is 0 Å². The molecule has 0 heteroatoms. The fourth-order valence-electron chi connectivity index (χ4n) is 8.51. The Hall–Kier alpha value is -4.68. The molecular weight excluding hydrogens is 589 g/mol. The largest absolute Gasteiger partial charge is 0.0654 e. The SMILES string of the molecule is CCCCCCC1(CCCCCC)c2ccccc2-c2ccc(-c3c(-c4ccccc4)ccc(-c4ccccc4)c3-c3ccccc3)cc21. The second-order valence-corrected chi connectivity index (χ2v) is 14.0. The highest BCUT2D eigenvalue weighted by Gasteiger charge is 2.42. The monoisotopic (exact) mass is 638 g/mol. The van der Waals surface area contributed by atoms with Crippen LogP contribution < -0.4 is 0 Å². The van der Waals surface area contributed by atoms with Gasteiger partial charge in [0.2, 0.25) is 0 Å². The van der Waals surface area contributed by atoms with E-state index in [2.05, 4.69) is 159 Å². The summed E-state index contributed by atoms with van der Waals surface area (Å²) < 4.78 is 0. The minimum absolute atomic E-state index is 0.0419. The highest BCUT2D eigenvalue weighted by atomic mass is 14.4. The van der Waals surface area contributed by atoms with Crippen molar-refractivity contribution in [2.75, 3.05) is 0 Å². The molecule has 0 heterocycles. The number of hydrogen-bond donors (Lipinski definition) is 0. The van der Waals surface area contributed by atoms with Gasteiger partial charge in [0, 0.05) is 5.41 Å². The van der Waals surface area contributed by atoms with Crippen LogP contribution in [0, 0.1) is 0 Å². The van der Waals surface area contributed by atoms with Crippen LogP contribution in [0.25, 0.3) is 55.6 Å². The number of benzene rings is 6. The van der Waals surface area contributed by atoms with Gasteiger partial charge in [0.1, 0.15) is 0 Å². The smallest absolute Gasteiger partial charge is 0.0215 e. The second kappa shape index (κ2) is 15.3. The molecule has 0 fully saturated rings. The quantitative estimate of drug-likeness (QED) is 0.104. The van der Waals surface area contributed by atoms with E-state index in [0.29, 0.717) is 0 Å². The van der Waals surface area contributed by atoms with Gasteiger partial charge in [-0.25, -0.2) is 0 Å². The van der Waals surface area contributed by atoms with Gasteiger partial charge in [0.05, 0.1) is 0 Å². The summed E-state index contributed by atoms with van der Waals surface area (Å²) in [5.74, 6) is 0. The molecule has 0 amide bonds. The third kappa shape index (κ3) is 6.54. The van der Waals surface area contributed by atoms with Gasteiger partial charge >= 0.3 is 0 Å². The van der Waals surface area contributed by atoms with E-state index < -0.39 is 0 Å². The Bertz CT molecular complexity index is 1950. The lowest BCUT2D eigenvalue weighted by Gasteiger charge is -2.33. The van der Waals surface area contributed by atoms with Crippen molar-refractivity contribution in [3.8, 4) is 55.6 Å². The first-order valence-corrected chi connectivity index (χ1v) is 18.8. The molecule has 6 aromatic rings. The van der Waals surface area contributed by atoms with Crippen LogP contribution in [0.5, 0.6) is 0 Å². The standard InChI is InChI=1S/C49H50/c1-3-5-7-20-34-49(35-21-8-6-4-2)45-29-19-18-28-43(45)44-31-30-40(36-46(44)49)48-42(38-24-14-10-15-25-38)33-32-41(37-22-12-9-13-23-37)47(48)39-26-16-11-17-27-39/h9-19,22-33,36H,3-8,20-21,34-35H2,1-2H3. The maximum atomic E-state index is 2.62. The van der Waals surface area contributed by atoms with Crippen LogP contribution >= 0.6 is 0 Å². The molecule has 0 radical (unpaired) electrons. The van der Waals surface area contributed by atoms with Gasteiger partial charge in [-0.2, -0.15) is 0 Å². The van der Waals surface area contributed by atoms with Crippen molar-refractivity contribution in [3.05, 3.63) is 157 Å². The highest BCUT2D eigenvalue weighted by Crippen LogP contribution is 2.56. The molecule has 0 aromatic heterocycles. The molecule has 0 nitrogen and oxygen atoms in total. The van der Waals surface area contributed by atoms with E-state index in [1.807, 2.05) is 0 Å². The summed E-state index contributed by atoms with van der Waals surface area (Å²) in [6.07, 6.45) is 12.7. The fraction of sp³-hybridized carbons (Fsp3) is 0.265. The molecule has 0 bridgehead atoms. The Morgan fingerprint density at radius 1 is 0.347 bits per heavy atom. The van der Waals surface area contributed by atoms with Gasteiger partial charge in [-0.15, -0.1) is 0 Å². The summed E-state index contributed by atoms with van der Waals surface area (Å²) in [5, 5.41) is 0. The Morgan fingerprint density at radius 2 is 0.796 bits per heavy atom. The van der Waals surface area contributed by atoms with E-state index in [4.69, 9.17) is 0 Å². The summed E-state index contributed by atoms with van der Waals surface area (Å²) in [5.41, 5.74) is 16.3. The third-order valence-electron chi connectivity index (χ3n) is 10.9. The Morgan fingerprint density at radius 3 is 1.35 bits per heavy atom. The van der Waals surface area contributed by atoms with Crippen molar-refractivity contribution in [1.82, 2.24) is 0 Å². The Kier molecular flexibility index (Phi) is 10.2. The lowest BCUT2D eigenvalue weighted by atomic mass is 9.70. The van der Waals surface area contributed by atoms with Crippen molar-refractivity contribution in [3.63, 3.8) is 0 Å². The van der Waals surface area contributed by atoms with E-state index in [0.717, 1.165) is 0 Å². The second-order valence-electron chi connectivity index (χ2n) is 14.0. The summed E-state index contributed by atoms with van der Waals surface area (Å²) in [4.78, 5) is 0. The van der Waals surface area contributed by atoms with Gasteiger partial charge < -0.3 is 0 Å². The molecule has 7 rings (SSSR count). The van der Waals surface area contributed by atoms with E-state index in [9.17, 15) is 0 Å². The molecular formula is C49H50. The predicted molar refractivity (Wildman–Crippen MR) is 212 cm³/mol. The van der Waals surface area contributed by atoms with Crippen molar-refractivity contribution in [1.29, 1.82) is 0 Å². The highest BCUT2D eigenvalue weighted by molar-refractivity contribution is 6.02. The molecule has 0 saturated carbocycles. The Labute approximate surface area is 294 Å². The summed E-state index contributed by atoms with van der Waals surface area (Å²) in [6.45, 7) is 4.65. The van der Waals surface area contributed by atoms with Gasteiger partial charge in [-0.3, -0.25) is 0 Å². The molecule has 0 spiro atoms. The van der Waals surface area contributed by atoms with Crippen molar-refractivity contribution >= 4 is 0 Å². The number of hydrogen-bond acceptors (Lipinski definition) is 0. The first kappa shape index (κ1) is 32.8. The molecule has 246 valence electrons. The third-order valence-corrected chi connectivity index (χ3v) is 10.9. The van der Waals surface area contributed by atoms with Crippen molar-refractivity contribution in [2.24, 2.45) is 0 Å². The molecule has 1 aliphatic carbocycles. The van der Waals surface area contributed by atoms with Crippen LogP contribution in [0.1, 0.15) is 89.2 Å². The van der Waals surface area contributed by atoms with E-state index in [1.165, 1.54) is 120 Å². The van der Waals surface area contributed by atoms with Crippen LogP contribution in [-0.4, -0.2) is 0 Å². The lowest BCUT2D eigenvalue weighted by molar-refractivity contribution is 0.401. The van der Waals surface area contributed by atoms with Crippen LogP contribution in [-0.2, 0) is 5.41 Å². The first-order valence-electron chi connectivity index (χ1n) is 18.8. The van der Waals surface area contributed by atoms with Gasteiger partial charge in [-0.05, 0) is 85.7 Å². The molecule has 0 atom stereocenters. The topological polar surface area (TPSA) is 0 Å². The fourth-order valence-corrected chi connectivity index (χ4v) is 8.51. The zero-order valence-corrected chi connectivity index (χ0v) is 29.4. The van der Waals surface area contributed by atoms with Crippen LogP contribution in [0.2, 0.25) is 0 Å². The summed E-state index contributed by atoms with van der Waals surface area (Å²) >= 11 is 0. The maximum absolute atomic E-state index is 2.62. The minimum Gasteiger partial charge on any atom is -0.0654 e. The van der Waals surface area contributed by atoms with Gasteiger partial charge in [0.25, 0.3) is 0 Å². The maximum Gasteiger partial charge on any atom is 0.0215 e. The molecule has 49 heavy (non-hydrogen) atoms. The first-order chi connectivity index (χ1) is 24.2. The van der Waals surface area contributed by atoms with Crippen LogP contribution in [0.4, 0.5) is 0 Å². The van der Waals surface area contributed by atoms with Gasteiger partial charge in [0.15, 0.2) is 0 Å². The Balaban J connectivity index is 1.49. The number of rotatable bonds is 14. The normalized spacial score (nSPS) is 12.9. The lowest BCUT2D eigenvalue weighted by Crippen LogP contribution is -2.25. The molecule has 0 aliphatic heterocycles. The van der Waals surface area contributed by atoms with Crippen LogP contribution in [0.15, 0.2) is 146 Å². The predicted octanol–water partition coefficient (Wildman–Crippen LogP) is 14.6. The minimum atomic E-state index is 0.0419. The van der Waals surface area contributed by atoms with Gasteiger partial charge in [-0.1, -0.05) is 205 Å². The average molecular weight is 639 g/mol.